The minimum atomic E-state index is -0.318. The lowest BCUT2D eigenvalue weighted by atomic mass is 10.0. The number of amides is 1. The number of nitrogens with two attached hydrogens (primary N) is 1. The number of fused-ring (bicyclic) bond motifs is 1. The lowest BCUT2D eigenvalue weighted by molar-refractivity contribution is 0.0955. The minimum absolute atomic E-state index is 0.318. The molecule has 1 heterocycles. The van der Waals surface area contributed by atoms with Crippen LogP contribution in [-0.4, -0.2) is 10.9 Å². The second kappa shape index (κ2) is 5.34. The van der Waals surface area contributed by atoms with Crippen LogP contribution >= 0.6 is 0 Å². The summed E-state index contributed by atoms with van der Waals surface area (Å²) in [5.41, 5.74) is 6.40. The van der Waals surface area contributed by atoms with Gasteiger partial charge in [0.1, 0.15) is 0 Å². The molecule has 3 rings (SSSR count). The van der Waals surface area contributed by atoms with Crippen LogP contribution in [0.2, 0.25) is 0 Å². The molecule has 4 nitrogen and oxygen atoms in total. The zero-order valence-corrected chi connectivity index (χ0v) is 11.6. The first-order valence-electron chi connectivity index (χ1n) is 6.67. The van der Waals surface area contributed by atoms with Gasteiger partial charge in [0.15, 0.2) is 0 Å². The molecule has 104 valence electrons. The molecular weight excluding hydrogens is 262 g/mol. The van der Waals surface area contributed by atoms with Crippen LogP contribution in [0.1, 0.15) is 15.9 Å². The smallest absolute Gasteiger partial charge is 0.265 e. The van der Waals surface area contributed by atoms with Gasteiger partial charge in [-0.2, -0.15) is 0 Å². The summed E-state index contributed by atoms with van der Waals surface area (Å²) in [6, 6.07) is 17.3. The second-order valence-electron chi connectivity index (χ2n) is 4.91. The molecule has 1 aromatic heterocycles. The lowest BCUT2D eigenvalue weighted by Gasteiger charge is -2.09. The first-order valence-corrected chi connectivity index (χ1v) is 6.67. The molecule has 2 aromatic carbocycles. The van der Waals surface area contributed by atoms with Crippen molar-refractivity contribution in [2.24, 2.45) is 5.84 Å². The number of para-hydroxylation sites is 1. The SMILES string of the molecule is Cc1ccc(-c2cc(C(=O)NN)c3ccccc3n2)cc1. The molecule has 3 N–H and O–H groups in total. The Morgan fingerprint density at radius 1 is 1.10 bits per heavy atom. The van der Waals surface area contributed by atoms with Gasteiger partial charge in [-0.05, 0) is 19.1 Å². The predicted octanol–water partition coefficient (Wildman–Crippen LogP) is 2.81. The number of nitrogens with zero attached hydrogens (tertiary/aromatic N) is 1. The Balaban J connectivity index is 2.25. The van der Waals surface area contributed by atoms with Gasteiger partial charge in [0, 0.05) is 10.9 Å². The van der Waals surface area contributed by atoms with Crippen molar-refractivity contribution in [3.63, 3.8) is 0 Å². The van der Waals surface area contributed by atoms with Crippen molar-refractivity contribution in [1.82, 2.24) is 10.4 Å². The van der Waals surface area contributed by atoms with Crippen molar-refractivity contribution < 1.29 is 4.79 Å². The minimum Gasteiger partial charge on any atom is -0.290 e. The van der Waals surface area contributed by atoms with Crippen LogP contribution in [0.25, 0.3) is 22.2 Å². The van der Waals surface area contributed by atoms with Crippen LogP contribution in [0.4, 0.5) is 0 Å². The fourth-order valence-electron chi connectivity index (χ4n) is 2.31. The molecule has 4 heteroatoms. The Bertz CT molecular complexity index is 810. The Kier molecular flexibility index (Phi) is 3.38. The average molecular weight is 277 g/mol. The van der Waals surface area contributed by atoms with E-state index in [1.54, 1.807) is 6.07 Å². The summed E-state index contributed by atoms with van der Waals surface area (Å²) in [5.74, 6) is 4.97. The molecule has 1 amide bonds. The van der Waals surface area contributed by atoms with Gasteiger partial charge in [0.2, 0.25) is 0 Å². The second-order valence-corrected chi connectivity index (χ2v) is 4.91. The van der Waals surface area contributed by atoms with Gasteiger partial charge in [-0.25, -0.2) is 10.8 Å². The van der Waals surface area contributed by atoms with Crippen molar-refractivity contribution in [1.29, 1.82) is 0 Å². The van der Waals surface area contributed by atoms with Gasteiger partial charge in [0.25, 0.3) is 5.91 Å². The number of carbonyl (C=O) groups excluding carboxylic acids is 1. The van der Waals surface area contributed by atoms with Gasteiger partial charge in [0.05, 0.1) is 16.8 Å². The van der Waals surface area contributed by atoms with Crippen molar-refractivity contribution in [2.45, 2.75) is 6.92 Å². The summed E-state index contributed by atoms with van der Waals surface area (Å²) in [6.45, 7) is 2.03. The first kappa shape index (κ1) is 13.3. The number of hydrogen-bond acceptors (Lipinski definition) is 3. The quantitative estimate of drug-likeness (QED) is 0.430. The zero-order chi connectivity index (χ0) is 14.8. The highest BCUT2D eigenvalue weighted by Crippen LogP contribution is 2.25. The Labute approximate surface area is 122 Å². The fraction of sp³-hybridized carbons (Fsp3) is 0.0588. The standard InChI is InChI=1S/C17H15N3O/c1-11-6-8-12(9-7-11)16-10-14(17(21)20-18)13-4-2-3-5-15(13)19-16/h2-10H,18H2,1H3,(H,20,21). The van der Waals surface area contributed by atoms with Gasteiger partial charge < -0.3 is 0 Å². The third-order valence-electron chi connectivity index (χ3n) is 3.44. The zero-order valence-electron chi connectivity index (χ0n) is 11.6. The molecule has 0 fully saturated rings. The van der Waals surface area contributed by atoms with Crippen molar-refractivity contribution in [3.8, 4) is 11.3 Å². The number of hydrazine groups is 1. The van der Waals surface area contributed by atoms with E-state index in [2.05, 4.69) is 10.4 Å². The van der Waals surface area contributed by atoms with E-state index >= 15 is 0 Å². The lowest BCUT2D eigenvalue weighted by Crippen LogP contribution is -2.30. The summed E-state index contributed by atoms with van der Waals surface area (Å²) in [6.07, 6.45) is 0. The van der Waals surface area contributed by atoms with Crippen LogP contribution in [0, 0.1) is 6.92 Å². The van der Waals surface area contributed by atoms with Gasteiger partial charge in [-0.3, -0.25) is 10.2 Å². The van der Waals surface area contributed by atoms with E-state index in [0.717, 1.165) is 22.2 Å². The normalized spacial score (nSPS) is 10.6. The number of benzene rings is 2. The number of nitrogen functional groups attached to an aromatic ring is 1. The predicted molar refractivity (Wildman–Crippen MR) is 83.6 cm³/mol. The maximum absolute atomic E-state index is 12.0. The van der Waals surface area contributed by atoms with Crippen LogP contribution in [-0.2, 0) is 0 Å². The van der Waals surface area contributed by atoms with Crippen molar-refractivity contribution in [2.75, 3.05) is 0 Å². The Hall–Kier alpha value is -2.72. The monoisotopic (exact) mass is 277 g/mol. The number of hydrogen-bond donors (Lipinski definition) is 2. The summed E-state index contributed by atoms with van der Waals surface area (Å²) in [7, 11) is 0. The molecule has 0 aliphatic rings. The molecule has 3 aromatic rings. The van der Waals surface area contributed by atoms with E-state index in [1.807, 2.05) is 55.5 Å². The van der Waals surface area contributed by atoms with Gasteiger partial charge in [-0.1, -0.05) is 48.0 Å². The summed E-state index contributed by atoms with van der Waals surface area (Å²) < 4.78 is 0. The topological polar surface area (TPSA) is 68.0 Å². The van der Waals surface area contributed by atoms with Crippen LogP contribution < -0.4 is 11.3 Å². The van der Waals surface area contributed by atoms with Crippen LogP contribution in [0.5, 0.6) is 0 Å². The first-order chi connectivity index (χ1) is 10.2. The molecule has 0 saturated carbocycles. The Morgan fingerprint density at radius 3 is 2.52 bits per heavy atom. The summed E-state index contributed by atoms with van der Waals surface area (Å²) >= 11 is 0. The number of carbonyl (C=O) groups is 1. The van der Waals surface area contributed by atoms with E-state index in [-0.39, 0.29) is 5.91 Å². The number of rotatable bonds is 2. The fourth-order valence-corrected chi connectivity index (χ4v) is 2.31. The molecule has 0 atom stereocenters. The largest absolute Gasteiger partial charge is 0.290 e. The molecule has 0 spiro atoms. The van der Waals surface area contributed by atoms with Crippen LogP contribution in [0.3, 0.4) is 0 Å². The number of aryl methyl sites for hydroxylation is 1. The van der Waals surface area contributed by atoms with E-state index in [4.69, 9.17) is 5.84 Å². The van der Waals surface area contributed by atoms with Crippen molar-refractivity contribution in [3.05, 3.63) is 65.7 Å². The highest BCUT2D eigenvalue weighted by molar-refractivity contribution is 6.06. The average Bonchev–Trinajstić information content (AvgIpc) is 2.53. The van der Waals surface area contributed by atoms with E-state index < -0.39 is 0 Å². The van der Waals surface area contributed by atoms with Crippen LogP contribution in [0.15, 0.2) is 54.6 Å². The maximum atomic E-state index is 12.0. The number of nitrogens with one attached hydrogen (secondary N) is 1. The third kappa shape index (κ3) is 2.49. The molecule has 0 aliphatic carbocycles. The molecule has 0 radical (unpaired) electrons. The number of pyridine rings is 1. The van der Waals surface area contributed by atoms with E-state index in [1.165, 1.54) is 5.56 Å². The summed E-state index contributed by atoms with van der Waals surface area (Å²) in [5, 5.41) is 0.788. The molecule has 0 saturated heterocycles. The van der Waals surface area contributed by atoms with Crippen molar-refractivity contribution >= 4 is 16.8 Å². The summed E-state index contributed by atoms with van der Waals surface area (Å²) in [4.78, 5) is 16.6. The highest BCUT2D eigenvalue weighted by atomic mass is 16.2. The van der Waals surface area contributed by atoms with E-state index in [0.29, 0.717) is 5.56 Å². The molecular formula is C17H15N3O. The third-order valence-corrected chi connectivity index (χ3v) is 3.44. The molecule has 0 aliphatic heterocycles. The molecule has 0 unspecified atom stereocenters. The molecule has 0 bridgehead atoms. The highest BCUT2D eigenvalue weighted by Gasteiger charge is 2.12. The molecule has 21 heavy (non-hydrogen) atoms. The maximum Gasteiger partial charge on any atom is 0.265 e. The van der Waals surface area contributed by atoms with E-state index in [9.17, 15) is 4.79 Å². The van der Waals surface area contributed by atoms with Gasteiger partial charge >= 0.3 is 0 Å². The number of aromatic nitrogens is 1. The Morgan fingerprint density at radius 2 is 1.81 bits per heavy atom. The van der Waals surface area contributed by atoms with Gasteiger partial charge in [-0.15, -0.1) is 0 Å².